The van der Waals surface area contributed by atoms with Gasteiger partial charge in [0.25, 0.3) is 0 Å². The number of rotatable bonds is 6. The second-order valence-corrected chi connectivity index (χ2v) is 6.07. The molecule has 1 atom stereocenters. The lowest BCUT2D eigenvalue weighted by Gasteiger charge is -2.21. The zero-order chi connectivity index (χ0) is 15.3. The van der Waals surface area contributed by atoms with Gasteiger partial charge in [0.05, 0.1) is 0 Å². The van der Waals surface area contributed by atoms with Crippen LogP contribution in [-0.4, -0.2) is 17.1 Å². The van der Waals surface area contributed by atoms with Gasteiger partial charge in [-0.1, -0.05) is 26.8 Å². The molecule has 0 aliphatic rings. The number of carbonyl (C=O) groups is 1. The standard InChI is InChI=1S/C15H21F2NO2/c1-15(2,3)8-7-13(14(19)20)18-9-10-11(16)5-4-6-12(10)17/h4-6,13,18H,7-9H2,1-3H3,(H,19,20). The second kappa shape index (κ2) is 6.79. The number of aliphatic carboxylic acids is 1. The van der Waals surface area contributed by atoms with Crippen LogP contribution in [0.2, 0.25) is 0 Å². The smallest absolute Gasteiger partial charge is 0.320 e. The summed E-state index contributed by atoms with van der Waals surface area (Å²) in [5, 5.41) is 11.8. The maximum Gasteiger partial charge on any atom is 0.320 e. The molecule has 1 aromatic carbocycles. The first-order valence-corrected chi connectivity index (χ1v) is 6.60. The number of benzene rings is 1. The number of hydrogen-bond donors (Lipinski definition) is 2. The van der Waals surface area contributed by atoms with E-state index in [0.717, 1.165) is 12.1 Å². The van der Waals surface area contributed by atoms with Crippen LogP contribution in [0.4, 0.5) is 8.78 Å². The highest BCUT2D eigenvalue weighted by molar-refractivity contribution is 5.73. The minimum absolute atomic E-state index is 0.0125. The van der Waals surface area contributed by atoms with Gasteiger partial charge >= 0.3 is 5.97 Å². The van der Waals surface area contributed by atoms with E-state index < -0.39 is 23.6 Å². The quantitative estimate of drug-likeness (QED) is 0.843. The highest BCUT2D eigenvalue weighted by Gasteiger charge is 2.21. The molecule has 0 saturated carbocycles. The lowest BCUT2D eigenvalue weighted by molar-refractivity contribution is -0.139. The minimum Gasteiger partial charge on any atom is -0.480 e. The van der Waals surface area contributed by atoms with Crippen LogP contribution >= 0.6 is 0 Å². The summed E-state index contributed by atoms with van der Waals surface area (Å²) in [6.45, 7) is 5.91. The van der Waals surface area contributed by atoms with Crippen molar-refractivity contribution in [2.24, 2.45) is 5.41 Å². The summed E-state index contributed by atoms with van der Waals surface area (Å²) in [4.78, 5) is 11.2. The lowest BCUT2D eigenvalue weighted by Crippen LogP contribution is -2.37. The van der Waals surface area contributed by atoms with Gasteiger partial charge in [-0.25, -0.2) is 8.78 Å². The number of nitrogens with one attached hydrogen (secondary N) is 1. The van der Waals surface area contributed by atoms with Gasteiger partial charge in [-0.05, 0) is 30.4 Å². The van der Waals surface area contributed by atoms with Gasteiger partial charge in [-0.15, -0.1) is 0 Å². The molecular weight excluding hydrogens is 264 g/mol. The van der Waals surface area contributed by atoms with Gasteiger partial charge in [-0.3, -0.25) is 4.79 Å². The van der Waals surface area contributed by atoms with Crippen LogP contribution in [0, 0.1) is 17.0 Å². The molecule has 1 unspecified atom stereocenters. The molecule has 5 heteroatoms. The van der Waals surface area contributed by atoms with Crippen molar-refractivity contribution in [3.63, 3.8) is 0 Å². The monoisotopic (exact) mass is 285 g/mol. The average Bonchev–Trinajstić information content (AvgIpc) is 2.30. The summed E-state index contributed by atoms with van der Waals surface area (Å²) in [6, 6.07) is 2.78. The Morgan fingerprint density at radius 2 is 1.85 bits per heavy atom. The second-order valence-electron chi connectivity index (χ2n) is 6.07. The SMILES string of the molecule is CC(C)(C)CCC(NCc1c(F)cccc1F)C(=O)O. The van der Waals surface area contributed by atoms with Gasteiger partial charge < -0.3 is 10.4 Å². The minimum atomic E-state index is -1.01. The molecule has 1 rings (SSSR count). The molecule has 1 aromatic rings. The van der Waals surface area contributed by atoms with Gasteiger partial charge in [0.2, 0.25) is 0 Å². The zero-order valence-corrected chi connectivity index (χ0v) is 12.0. The first kappa shape index (κ1) is 16.6. The van der Waals surface area contributed by atoms with E-state index in [4.69, 9.17) is 5.11 Å². The Kier molecular flexibility index (Phi) is 5.62. The Hall–Kier alpha value is -1.49. The van der Waals surface area contributed by atoms with Crippen LogP contribution in [0.3, 0.4) is 0 Å². The van der Waals surface area contributed by atoms with Crippen LogP contribution in [0.5, 0.6) is 0 Å². The molecule has 0 saturated heterocycles. The molecule has 0 aliphatic heterocycles. The van der Waals surface area contributed by atoms with Crippen molar-refractivity contribution in [3.8, 4) is 0 Å². The zero-order valence-electron chi connectivity index (χ0n) is 12.0. The molecule has 0 amide bonds. The Bertz CT molecular complexity index is 449. The normalized spacial score (nSPS) is 13.2. The van der Waals surface area contributed by atoms with E-state index in [1.54, 1.807) is 0 Å². The Labute approximate surface area is 118 Å². The van der Waals surface area contributed by atoms with Crippen LogP contribution in [0.1, 0.15) is 39.2 Å². The van der Waals surface area contributed by atoms with Crippen LogP contribution in [0.15, 0.2) is 18.2 Å². The third kappa shape index (κ3) is 5.25. The predicted octanol–water partition coefficient (Wildman–Crippen LogP) is 3.33. The summed E-state index contributed by atoms with van der Waals surface area (Å²) in [6.07, 6.45) is 1.12. The fourth-order valence-corrected chi connectivity index (χ4v) is 1.82. The van der Waals surface area contributed by atoms with E-state index in [1.165, 1.54) is 6.07 Å². The summed E-state index contributed by atoms with van der Waals surface area (Å²) in [7, 11) is 0. The fourth-order valence-electron chi connectivity index (χ4n) is 1.82. The Morgan fingerprint density at radius 3 is 2.30 bits per heavy atom. The Morgan fingerprint density at radius 1 is 1.30 bits per heavy atom. The molecule has 0 bridgehead atoms. The maximum atomic E-state index is 13.4. The third-order valence-electron chi connectivity index (χ3n) is 3.07. The van der Waals surface area contributed by atoms with E-state index in [-0.39, 0.29) is 17.5 Å². The van der Waals surface area contributed by atoms with E-state index >= 15 is 0 Å². The summed E-state index contributed by atoms with van der Waals surface area (Å²) in [5.41, 5.74) is -0.118. The summed E-state index contributed by atoms with van der Waals surface area (Å²) < 4.78 is 26.9. The van der Waals surface area contributed by atoms with Gasteiger partial charge in [0.15, 0.2) is 0 Å². The first-order chi connectivity index (χ1) is 9.20. The Balaban J connectivity index is 2.66. The van der Waals surface area contributed by atoms with Crippen molar-refractivity contribution in [2.45, 2.75) is 46.2 Å². The van der Waals surface area contributed by atoms with Crippen molar-refractivity contribution in [3.05, 3.63) is 35.4 Å². The lowest BCUT2D eigenvalue weighted by atomic mass is 9.88. The number of carboxylic acids is 1. The number of hydrogen-bond acceptors (Lipinski definition) is 2. The molecule has 20 heavy (non-hydrogen) atoms. The van der Waals surface area contributed by atoms with Crippen LogP contribution in [-0.2, 0) is 11.3 Å². The van der Waals surface area contributed by atoms with Crippen LogP contribution in [0.25, 0.3) is 0 Å². The van der Waals surface area contributed by atoms with Crippen molar-refractivity contribution in [2.75, 3.05) is 0 Å². The molecule has 112 valence electrons. The van der Waals surface area contributed by atoms with E-state index in [0.29, 0.717) is 12.8 Å². The van der Waals surface area contributed by atoms with Crippen LogP contribution < -0.4 is 5.32 Å². The molecule has 2 N–H and O–H groups in total. The third-order valence-corrected chi connectivity index (χ3v) is 3.07. The van der Waals surface area contributed by atoms with Crippen molar-refractivity contribution < 1.29 is 18.7 Å². The van der Waals surface area contributed by atoms with Crippen molar-refractivity contribution >= 4 is 5.97 Å². The van der Waals surface area contributed by atoms with Gasteiger partial charge in [0, 0.05) is 12.1 Å². The molecule has 0 radical (unpaired) electrons. The molecule has 0 aliphatic carbocycles. The van der Waals surface area contributed by atoms with Gasteiger partial charge in [0.1, 0.15) is 17.7 Å². The fraction of sp³-hybridized carbons (Fsp3) is 0.533. The molecule has 0 spiro atoms. The largest absolute Gasteiger partial charge is 0.480 e. The van der Waals surface area contributed by atoms with Crippen molar-refractivity contribution in [1.29, 1.82) is 0 Å². The average molecular weight is 285 g/mol. The van der Waals surface area contributed by atoms with E-state index in [1.807, 2.05) is 20.8 Å². The molecule has 0 aromatic heterocycles. The molecular formula is C15H21F2NO2. The van der Waals surface area contributed by atoms with E-state index in [9.17, 15) is 13.6 Å². The van der Waals surface area contributed by atoms with E-state index in [2.05, 4.69) is 5.32 Å². The predicted molar refractivity (Wildman–Crippen MR) is 73.3 cm³/mol. The highest BCUT2D eigenvalue weighted by Crippen LogP contribution is 2.22. The molecule has 0 heterocycles. The number of carboxylic acid groups (broad SMARTS) is 1. The summed E-state index contributed by atoms with van der Waals surface area (Å²) >= 11 is 0. The first-order valence-electron chi connectivity index (χ1n) is 6.60. The summed E-state index contributed by atoms with van der Waals surface area (Å²) in [5.74, 6) is -2.35. The molecule has 0 fully saturated rings. The van der Waals surface area contributed by atoms with Gasteiger partial charge in [-0.2, -0.15) is 0 Å². The highest BCUT2D eigenvalue weighted by atomic mass is 19.1. The number of halogens is 2. The molecule has 3 nitrogen and oxygen atoms in total. The maximum absolute atomic E-state index is 13.4. The van der Waals surface area contributed by atoms with Crippen molar-refractivity contribution in [1.82, 2.24) is 5.32 Å². The topological polar surface area (TPSA) is 49.3 Å².